The Labute approximate surface area is 117 Å². The molecule has 2 N–H and O–H groups in total. The molecule has 0 amide bonds. The van der Waals surface area contributed by atoms with Gasteiger partial charge >= 0.3 is 0 Å². The van der Waals surface area contributed by atoms with Gasteiger partial charge in [0.05, 0.1) is 11.5 Å². The van der Waals surface area contributed by atoms with Gasteiger partial charge in [-0.1, -0.05) is 6.08 Å². The van der Waals surface area contributed by atoms with E-state index < -0.39 is 0 Å². The minimum absolute atomic E-state index is 0.00767. The average Bonchev–Trinajstić information content (AvgIpc) is 2.41. The lowest BCUT2D eigenvalue weighted by molar-refractivity contribution is -0.659. The summed E-state index contributed by atoms with van der Waals surface area (Å²) >= 11 is 0. The Hall–Kier alpha value is -2.05. The van der Waals surface area contributed by atoms with Crippen LogP contribution in [0.1, 0.15) is 38.5 Å². The first-order chi connectivity index (χ1) is 9.58. The molecule has 0 bridgehead atoms. The van der Waals surface area contributed by atoms with Gasteiger partial charge in [-0.05, 0) is 18.9 Å². The van der Waals surface area contributed by atoms with Gasteiger partial charge in [0, 0.05) is 25.7 Å². The Balaban J connectivity index is 2.50. The largest absolute Gasteiger partial charge is 0.300 e. The first-order valence-electron chi connectivity index (χ1n) is 6.75. The SMILES string of the molecule is O=C1/C=C/CCN[N+](=O)NCC(=O)CCCC(=O)CC1. The van der Waals surface area contributed by atoms with Crippen molar-refractivity contribution in [1.29, 1.82) is 0 Å². The number of carbonyl (C=O) groups excluding carboxylic acids is 3. The number of allylic oxidation sites excluding steroid dienone is 1. The molecule has 0 saturated heterocycles. The smallest absolute Gasteiger partial charge is 0.246 e. The first-order valence-corrected chi connectivity index (χ1v) is 6.75. The molecule has 0 radical (unpaired) electrons. The van der Waals surface area contributed by atoms with Crippen molar-refractivity contribution in [3.63, 3.8) is 0 Å². The van der Waals surface area contributed by atoms with E-state index >= 15 is 0 Å². The van der Waals surface area contributed by atoms with E-state index in [0.717, 1.165) is 0 Å². The van der Waals surface area contributed by atoms with E-state index in [1.807, 2.05) is 0 Å². The summed E-state index contributed by atoms with van der Waals surface area (Å²) in [6.07, 6.45) is 5.03. The van der Waals surface area contributed by atoms with E-state index in [-0.39, 0.29) is 43.2 Å². The molecular weight excluding hydrogens is 262 g/mol. The van der Waals surface area contributed by atoms with E-state index in [0.29, 0.717) is 30.8 Å². The summed E-state index contributed by atoms with van der Waals surface area (Å²) in [7, 11) is 0. The van der Waals surface area contributed by atoms with Crippen molar-refractivity contribution in [1.82, 2.24) is 10.9 Å². The van der Waals surface area contributed by atoms with Gasteiger partial charge in [0.25, 0.3) is 0 Å². The highest BCUT2D eigenvalue weighted by molar-refractivity contribution is 5.93. The number of hydrazine groups is 2. The monoisotopic (exact) mass is 282 g/mol. The number of hydrogen-bond acceptors (Lipinski definition) is 4. The fourth-order valence-corrected chi connectivity index (χ4v) is 1.72. The molecule has 20 heavy (non-hydrogen) atoms. The molecule has 0 aromatic carbocycles. The molecule has 7 heteroatoms. The highest BCUT2D eigenvalue weighted by Crippen LogP contribution is 2.03. The number of hydrogen-bond donors (Lipinski definition) is 2. The van der Waals surface area contributed by atoms with E-state index in [1.165, 1.54) is 6.08 Å². The van der Waals surface area contributed by atoms with Crippen LogP contribution < -0.4 is 10.9 Å². The van der Waals surface area contributed by atoms with Crippen molar-refractivity contribution in [2.45, 2.75) is 38.5 Å². The van der Waals surface area contributed by atoms with Crippen LogP contribution in [0.3, 0.4) is 0 Å². The first kappa shape index (κ1) is 16.0. The number of carbonyl (C=O) groups is 3. The zero-order valence-electron chi connectivity index (χ0n) is 11.4. The second-order valence-electron chi connectivity index (χ2n) is 4.63. The van der Waals surface area contributed by atoms with Crippen LogP contribution in [0.2, 0.25) is 0 Å². The van der Waals surface area contributed by atoms with E-state index in [2.05, 4.69) is 10.9 Å². The van der Waals surface area contributed by atoms with Crippen molar-refractivity contribution in [3.05, 3.63) is 17.1 Å². The topological polar surface area (TPSA) is 95.3 Å². The minimum Gasteiger partial charge on any atom is -0.300 e. The Morgan fingerprint density at radius 3 is 2.50 bits per heavy atom. The van der Waals surface area contributed by atoms with Crippen LogP contribution >= 0.6 is 0 Å². The van der Waals surface area contributed by atoms with E-state index in [9.17, 15) is 19.3 Å². The van der Waals surface area contributed by atoms with Crippen LogP contribution in [-0.2, 0) is 14.4 Å². The maximum Gasteiger partial charge on any atom is 0.246 e. The molecule has 0 aromatic rings. The molecule has 1 aliphatic heterocycles. The molecule has 1 aliphatic rings. The van der Waals surface area contributed by atoms with Gasteiger partial charge < -0.3 is 0 Å². The second kappa shape index (κ2) is 8.95. The summed E-state index contributed by atoms with van der Waals surface area (Å²) in [5, 5.41) is 0. The second-order valence-corrected chi connectivity index (χ2v) is 4.63. The molecule has 1 heterocycles. The fraction of sp³-hybridized carbons (Fsp3) is 0.615. The molecule has 0 saturated carbocycles. The lowest BCUT2D eigenvalue weighted by Gasteiger charge is -2.01. The Bertz CT molecular complexity index is 418. The van der Waals surface area contributed by atoms with Crippen LogP contribution in [0, 0.1) is 4.91 Å². The maximum atomic E-state index is 11.5. The Kier molecular flexibility index (Phi) is 7.16. The van der Waals surface area contributed by atoms with Gasteiger partial charge in [-0.2, -0.15) is 0 Å². The third-order valence-corrected chi connectivity index (χ3v) is 2.85. The molecule has 0 aliphatic carbocycles. The van der Waals surface area contributed by atoms with Crippen LogP contribution in [0.15, 0.2) is 12.2 Å². The zero-order valence-corrected chi connectivity index (χ0v) is 11.4. The predicted molar refractivity (Wildman–Crippen MR) is 71.5 cm³/mol. The number of nitrogens with one attached hydrogen (secondary N) is 2. The summed E-state index contributed by atoms with van der Waals surface area (Å²) < 4.78 is 0. The van der Waals surface area contributed by atoms with Gasteiger partial charge in [0.15, 0.2) is 11.6 Å². The predicted octanol–water partition coefficient (Wildman–Crippen LogP) is 0.392. The molecular formula is C13H20N3O4+. The standard InChI is InChI=1S/C13H20N3O4/c17-11-4-1-2-9-14-16(20)15-10-13(19)6-3-5-12(18)8-7-11/h1,4H,2-3,5-10H2,(H2,14,15,20)/q+1/b4-1+. The van der Waals surface area contributed by atoms with Crippen molar-refractivity contribution in [2.24, 2.45) is 0 Å². The number of rotatable bonds is 0. The summed E-state index contributed by atoms with van der Waals surface area (Å²) in [5.41, 5.74) is 4.88. The molecule has 0 unspecified atom stereocenters. The average molecular weight is 282 g/mol. The molecule has 0 spiro atoms. The number of ketones is 3. The maximum absolute atomic E-state index is 11.5. The molecule has 0 fully saturated rings. The molecule has 1 rings (SSSR count). The van der Waals surface area contributed by atoms with Crippen LogP contribution in [-0.4, -0.2) is 35.4 Å². The third kappa shape index (κ3) is 7.40. The Morgan fingerprint density at radius 2 is 1.70 bits per heavy atom. The number of nitrogens with zero attached hydrogens (tertiary/aromatic N) is 1. The lowest BCUT2D eigenvalue weighted by Crippen LogP contribution is -2.41. The molecule has 110 valence electrons. The summed E-state index contributed by atoms with van der Waals surface area (Å²) in [4.78, 5) is 46.0. The van der Waals surface area contributed by atoms with Gasteiger partial charge in [0.2, 0.25) is 4.98 Å². The van der Waals surface area contributed by atoms with Crippen molar-refractivity contribution in [2.75, 3.05) is 13.1 Å². The van der Waals surface area contributed by atoms with E-state index in [4.69, 9.17) is 0 Å². The van der Waals surface area contributed by atoms with Gasteiger partial charge in [-0.15, -0.1) is 10.9 Å². The van der Waals surface area contributed by atoms with Gasteiger partial charge in [0.1, 0.15) is 12.3 Å². The third-order valence-electron chi connectivity index (χ3n) is 2.85. The van der Waals surface area contributed by atoms with Crippen LogP contribution in [0.25, 0.3) is 0 Å². The minimum atomic E-state index is -0.122. The van der Waals surface area contributed by atoms with Crippen molar-refractivity contribution >= 4 is 17.3 Å². The summed E-state index contributed by atoms with van der Waals surface area (Å²) in [6.45, 7) is 0.298. The molecule has 0 atom stereocenters. The highest BCUT2D eigenvalue weighted by atomic mass is 16.4. The summed E-state index contributed by atoms with van der Waals surface area (Å²) in [5.74, 6) is -0.228. The van der Waals surface area contributed by atoms with E-state index in [1.54, 1.807) is 6.08 Å². The lowest BCUT2D eigenvalue weighted by atomic mass is 10.1. The normalized spacial score (nSPS) is 22.0. The van der Waals surface area contributed by atoms with Crippen molar-refractivity contribution < 1.29 is 19.4 Å². The van der Waals surface area contributed by atoms with Gasteiger partial charge in [-0.25, -0.2) is 0 Å². The zero-order chi connectivity index (χ0) is 14.8. The van der Waals surface area contributed by atoms with Crippen LogP contribution in [0.5, 0.6) is 0 Å². The van der Waals surface area contributed by atoms with Gasteiger partial charge in [-0.3, -0.25) is 14.4 Å². The Morgan fingerprint density at radius 1 is 0.950 bits per heavy atom. The molecule has 7 nitrogen and oxygen atoms in total. The fourth-order valence-electron chi connectivity index (χ4n) is 1.72. The number of nitroso groups, excluding NO2 is 1. The highest BCUT2D eigenvalue weighted by Gasteiger charge is 2.11. The number of Topliss-reactive ketones (excluding diaryl/α,β-unsaturated/α-hetero) is 2. The van der Waals surface area contributed by atoms with Crippen molar-refractivity contribution in [3.8, 4) is 0 Å². The molecule has 0 aromatic heterocycles. The van der Waals surface area contributed by atoms with Crippen LogP contribution in [0.4, 0.5) is 0 Å². The quantitative estimate of drug-likeness (QED) is 0.624. The summed E-state index contributed by atoms with van der Waals surface area (Å²) in [6, 6.07) is 0.